The standard InChI is InChI=1S/C67H131NO8/c1-3-5-7-9-11-13-15-17-19-21-22-23-24-25-26-27-28-29-30-31-32-33-34-35-36-37-38-39-40-41-43-45-47-49-51-53-55-57-63(71)68-60(59-75-67-66(74)65(73)64(72)62(58-69)76-67)61(70)56-54-52-50-48-46-44-42-20-18-16-14-12-10-8-6-4-2/h29-30,60-62,64-67,69-70,72-74H,3-28,31-59H2,1-2H3,(H,68,71)/b30-29-. The second kappa shape index (κ2) is 57.2. The van der Waals surface area contributed by atoms with Crippen LogP contribution in [-0.4, -0.2) is 87.5 Å². The summed E-state index contributed by atoms with van der Waals surface area (Å²) in [6.45, 7) is 3.89. The molecule has 452 valence electrons. The number of aliphatic hydroxyl groups excluding tert-OH is 5. The first-order chi connectivity index (χ1) is 37.3. The summed E-state index contributed by atoms with van der Waals surface area (Å²) in [6.07, 6.45) is 65.8. The first-order valence-corrected chi connectivity index (χ1v) is 33.9. The average molecular weight is 1080 g/mol. The van der Waals surface area contributed by atoms with Crippen LogP contribution in [-0.2, 0) is 14.3 Å². The van der Waals surface area contributed by atoms with Crippen LogP contribution in [0.25, 0.3) is 0 Å². The molecule has 1 fully saturated rings. The zero-order valence-corrected chi connectivity index (χ0v) is 50.5. The highest BCUT2D eigenvalue weighted by Gasteiger charge is 2.44. The molecule has 76 heavy (non-hydrogen) atoms. The molecule has 0 saturated carbocycles. The van der Waals surface area contributed by atoms with E-state index in [1.54, 1.807) is 0 Å². The Morgan fingerprint density at radius 2 is 0.737 bits per heavy atom. The van der Waals surface area contributed by atoms with Crippen LogP contribution in [0.4, 0.5) is 0 Å². The van der Waals surface area contributed by atoms with Crippen molar-refractivity contribution in [1.82, 2.24) is 5.32 Å². The van der Waals surface area contributed by atoms with Gasteiger partial charge in [-0.05, 0) is 38.5 Å². The van der Waals surface area contributed by atoms with Gasteiger partial charge in [0.15, 0.2) is 6.29 Å². The van der Waals surface area contributed by atoms with Gasteiger partial charge in [0.2, 0.25) is 5.91 Å². The predicted octanol–water partition coefficient (Wildman–Crippen LogP) is 17.9. The maximum absolute atomic E-state index is 13.1. The number of hydrogen-bond acceptors (Lipinski definition) is 8. The van der Waals surface area contributed by atoms with Gasteiger partial charge in [0, 0.05) is 6.42 Å². The van der Waals surface area contributed by atoms with Crippen LogP contribution in [0.5, 0.6) is 0 Å². The maximum Gasteiger partial charge on any atom is 0.220 e. The highest BCUT2D eigenvalue weighted by Crippen LogP contribution is 2.24. The van der Waals surface area contributed by atoms with Gasteiger partial charge in [-0.1, -0.05) is 321 Å². The van der Waals surface area contributed by atoms with Crippen LogP contribution in [0.15, 0.2) is 12.2 Å². The molecule has 1 saturated heterocycles. The summed E-state index contributed by atoms with van der Waals surface area (Å²) >= 11 is 0. The van der Waals surface area contributed by atoms with E-state index in [1.165, 1.54) is 289 Å². The number of carbonyl (C=O) groups is 1. The fourth-order valence-electron chi connectivity index (χ4n) is 11.3. The van der Waals surface area contributed by atoms with Gasteiger partial charge in [-0.25, -0.2) is 0 Å². The topological polar surface area (TPSA) is 149 Å². The second-order valence-corrected chi connectivity index (χ2v) is 24.0. The molecule has 0 aromatic rings. The minimum atomic E-state index is -1.55. The van der Waals surface area contributed by atoms with Crippen molar-refractivity contribution in [2.75, 3.05) is 13.2 Å². The molecule has 0 bridgehead atoms. The molecule has 0 aromatic carbocycles. The molecular formula is C67H131NO8. The van der Waals surface area contributed by atoms with Crippen molar-refractivity contribution in [3.05, 3.63) is 12.2 Å². The minimum absolute atomic E-state index is 0.132. The van der Waals surface area contributed by atoms with Crippen molar-refractivity contribution in [3.63, 3.8) is 0 Å². The van der Waals surface area contributed by atoms with E-state index in [0.717, 1.165) is 38.5 Å². The van der Waals surface area contributed by atoms with E-state index >= 15 is 0 Å². The Morgan fingerprint density at radius 3 is 1.07 bits per heavy atom. The lowest BCUT2D eigenvalue weighted by Gasteiger charge is -2.40. The van der Waals surface area contributed by atoms with E-state index in [4.69, 9.17) is 9.47 Å². The largest absolute Gasteiger partial charge is 0.394 e. The Balaban J connectivity index is 2.04. The fourth-order valence-corrected chi connectivity index (χ4v) is 11.3. The molecule has 0 aromatic heterocycles. The molecule has 1 heterocycles. The van der Waals surface area contributed by atoms with Gasteiger partial charge < -0.3 is 40.3 Å². The summed E-state index contributed by atoms with van der Waals surface area (Å²) in [6, 6.07) is -0.716. The van der Waals surface area contributed by atoms with Crippen LogP contribution >= 0.6 is 0 Å². The number of ether oxygens (including phenoxy) is 2. The van der Waals surface area contributed by atoms with E-state index in [0.29, 0.717) is 12.8 Å². The summed E-state index contributed by atoms with van der Waals surface area (Å²) in [4.78, 5) is 13.1. The van der Waals surface area contributed by atoms with Crippen LogP contribution in [0.2, 0.25) is 0 Å². The van der Waals surface area contributed by atoms with Crippen molar-refractivity contribution < 1.29 is 39.8 Å². The van der Waals surface area contributed by atoms with Crippen LogP contribution in [0, 0.1) is 0 Å². The Morgan fingerprint density at radius 1 is 0.434 bits per heavy atom. The molecule has 1 aliphatic rings. The summed E-state index contributed by atoms with van der Waals surface area (Å²) in [5, 5.41) is 54.8. The van der Waals surface area contributed by atoms with E-state index in [1.807, 2.05) is 0 Å². The first kappa shape index (κ1) is 72.9. The number of nitrogens with one attached hydrogen (secondary N) is 1. The molecule has 6 N–H and O–H groups in total. The normalized spacial score (nSPS) is 18.8. The van der Waals surface area contributed by atoms with Gasteiger partial charge in [-0.2, -0.15) is 0 Å². The summed E-state index contributed by atoms with van der Waals surface area (Å²) < 4.78 is 11.3. The fraction of sp³-hybridized carbons (Fsp3) is 0.955. The van der Waals surface area contributed by atoms with Gasteiger partial charge in [0.1, 0.15) is 24.4 Å². The Bertz CT molecular complexity index is 1200. The number of unbranched alkanes of at least 4 members (excludes halogenated alkanes) is 48. The van der Waals surface area contributed by atoms with Crippen molar-refractivity contribution in [2.24, 2.45) is 0 Å². The molecule has 1 amide bonds. The number of carbonyl (C=O) groups excluding carboxylic acids is 1. The van der Waals surface area contributed by atoms with Crippen LogP contribution in [0.3, 0.4) is 0 Å². The molecule has 7 atom stereocenters. The SMILES string of the molecule is CCCCCCCCCCCCCCCCCC/C=C\CCCCCCCCCCCCCCCCCCCC(=O)NC(COC1OC(CO)C(O)C(O)C1O)C(O)CCCCCCCCCCCCCCCCCC. The lowest BCUT2D eigenvalue weighted by molar-refractivity contribution is -0.302. The quantitative estimate of drug-likeness (QED) is 0.0261. The van der Waals surface area contributed by atoms with Gasteiger partial charge in [0.05, 0.1) is 25.4 Å². The molecule has 9 heteroatoms. The summed E-state index contributed by atoms with van der Waals surface area (Å²) in [5.74, 6) is -0.137. The third-order valence-corrected chi connectivity index (χ3v) is 16.6. The number of amides is 1. The molecule has 1 aliphatic heterocycles. The van der Waals surface area contributed by atoms with Crippen molar-refractivity contribution in [3.8, 4) is 0 Å². The number of hydrogen-bond donors (Lipinski definition) is 6. The molecule has 9 nitrogen and oxygen atoms in total. The van der Waals surface area contributed by atoms with E-state index < -0.39 is 49.5 Å². The monoisotopic (exact) mass is 1080 g/mol. The average Bonchev–Trinajstić information content (AvgIpc) is 3.42. The van der Waals surface area contributed by atoms with Crippen molar-refractivity contribution in [1.29, 1.82) is 0 Å². The molecule has 0 radical (unpaired) electrons. The maximum atomic E-state index is 13.1. The number of aliphatic hydroxyl groups is 5. The Kier molecular flexibility index (Phi) is 54.9. The third-order valence-electron chi connectivity index (χ3n) is 16.6. The van der Waals surface area contributed by atoms with E-state index in [9.17, 15) is 30.3 Å². The predicted molar refractivity (Wildman–Crippen MR) is 323 cm³/mol. The zero-order valence-electron chi connectivity index (χ0n) is 50.5. The van der Waals surface area contributed by atoms with Gasteiger partial charge in [-0.3, -0.25) is 4.79 Å². The molecular weight excluding hydrogens is 947 g/mol. The molecule has 7 unspecified atom stereocenters. The van der Waals surface area contributed by atoms with Crippen LogP contribution < -0.4 is 5.32 Å². The van der Waals surface area contributed by atoms with E-state index in [-0.39, 0.29) is 12.5 Å². The molecule has 0 spiro atoms. The lowest BCUT2D eigenvalue weighted by Crippen LogP contribution is -2.60. The number of rotatable bonds is 60. The first-order valence-electron chi connectivity index (χ1n) is 33.9. The summed E-state index contributed by atoms with van der Waals surface area (Å²) in [5.41, 5.74) is 0. The minimum Gasteiger partial charge on any atom is -0.394 e. The number of allylic oxidation sites excluding steroid dienone is 2. The second-order valence-electron chi connectivity index (χ2n) is 24.0. The Labute approximate surface area is 471 Å². The highest BCUT2D eigenvalue weighted by molar-refractivity contribution is 5.76. The van der Waals surface area contributed by atoms with Gasteiger partial charge >= 0.3 is 0 Å². The smallest absolute Gasteiger partial charge is 0.220 e. The third kappa shape index (κ3) is 45.6. The lowest BCUT2D eigenvalue weighted by atomic mass is 9.99. The Hall–Kier alpha value is -1.07. The van der Waals surface area contributed by atoms with Crippen LogP contribution in [0.1, 0.15) is 354 Å². The van der Waals surface area contributed by atoms with Gasteiger partial charge in [0.25, 0.3) is 0 Å². The summed E-state index contributed by atoms with van der Waals surface area (Å²) in [7, 11) is 0. The molecule has 0 aliphatic carbocycles. The zero-order chi connectivity index (χ0) is 55.0. The van der Waals surface area contributed by atoms with E-state index in [2.05, 4.69) is 31.3 Å². The highest BCUT2D eigenvalue weighted by atomic mass is 16.7. The van der Waals surface area contributed by atoms with Gasteiger partial charge in [-0.15, -0.1) is 0 Å². The van der Waals surface area contributed by atoms with Crippen molar-refractivity contribution >= 4 is 5.91 Å². The van der Waals surface area contributed by atoms with Crippen molar-refractivity contribution in [2.45, 2.75) is 397 Å². The molecule has 1 rings (SSSR count).